The van der Waals surface area contributed by atoms with Gasteiger partial charge in [0.2, 0.25) is 10.0 Å². The van der Waals surface area contributed by atoms with Gasteiger partial charge in [-0.1, -0.05) is 18.2 Å². The number of benzene rings is 2. The zero-order chi connectivity index (χ0) is 15.5. The molecule has 0 radical (unpaired) electrons. The van der Waals surface area contributed by atoms with Crippen molar-refractivity contribution < 1.29 is 13.2 Å². The average Bonchev–Trinajstić information content (AvgIpc) is 2.47. The Morgan fingerprint density at radius 1 is 1.10 bits per heavy atom. The van der Waals surface area contributed by atoms with Crippen molar-refractivity contribution in [3.05, 3.63) is 54.1 Å². The number of methoxy groups -OCH3 is 1. The Kier molecular flexibility index (Phi) is 4.50. The molecule has 0 aliphatic heterocycles. The Hall–Kier alpha value is -2.05. The van der Waals surface area contributed by atoms with Crippen LogP contribution in [0.25, 0.3) is 0 Å². The number of nitrogens with two attached hydrogens (primary N) is 1. The van der Waals surface area contributed by atoms with Crippen LogP contribution < -0.4 is 15.2 Å². The van der Waals surface area contributed by atoms with Crippen LogP contribution in [-0.4, -0.2) is 15.5 Å². The van der Waals surface area contributed by atoms with E-state index in [9.17, 15) is 8.42 Å². The third kappa shape index (κ3) is 3.53. The topological polar surface area (TPSA) is 81.4 Å². The van der Waals surface area contributed by atoms with Gasteiger partial charge in [0.05, 0.1) is 12.0 Å². The monoisotopic (exact) mass is 306 g/mol. The van der Waals surface area contributed by atoms with E-state index in [-0.39, 0.29) is 4.90 Å². The highest BCUT2D eigenvalue weighted by molar-refractivity contribution is 7.89. The summed E-state index contributed by atoms with van der Waals surface area (Å²) in [5, 5.41) is 0. The van der Waals surface area contributed by atoms with Crippen LogP contribution in [0.5, 0.6) is 5.75 Å². The van der Waals surface area contributed by atoms with Gasteiger partial charge in [0.25, 0.3) is 0 Å². The van der Waals surface area contributed by atoms with E-state index in [1.54, 1.807) is 32.2 Å². The van der Waals surface area contributed by atoms with E-state index in [2.05, 4.69) is 4.72 Å². The molecule has 0 aromatic heterocycles. The quantitative estimate of drug-likeness (QED) is 0.831. The molecule has 6 heteroatoms. The molecule has 0 saturated carbocycles. The van der Waals surface area contributed by atoms with Crippen molar-refractivity contribution in [1.82, 2.24) is 4.72 Å². The number of ether oxygens (including phenoxy) is 1. The number of sulfonamides is 1. The van der Waals surface area contributed by atoms with Gasteiger partial charge in [0, 0.05) is 17.3 Å². The minimum atomic E-state index is -3.61. The van der Waals surface area contributed by atoms with Crippen molar-refractivity contribution >= 4 is 15.7 Å². The largest absolute Gasteiger partial charge is 0.496 e. The molecule has 0 heterocycles. The fraction of sp³-hybridized carbons (Fsp3) is 0.200. The van der Waals surface area contributed by atoms with Crippen molar-refractivity contribution in [2.75, 3.05) is 12.8 Å². The lowest BCUT2D eigenvalue weighted by Gasteiger charge is -2.17. The molecule has 0 aliphatic carbocycles. The number of anilines is 1. The molecule has 0 fully saturated rings. The zero-order valence-electron chi connectivity index (χ0n) is 11.9. The molecule has 1 atom stereocenters. The SMILES string of the molecule is COc1ccccc1C(C)NS(=O)(=O)c1ccc(N)cc1. The molecule has 2 aromatic rings. The Morgan fingerprint density at radius 3 is 2.33 bits per heavy atom. The van der Waals surface area contributed by atoms with Crippen molar-refractivity contribution in [3.63, 3.8) is 0 Å². The maximum atomic E-state index is 12.3. The highest BCUT2D eigenvalue weighted by Gasteiger charge is 2.20. The van der Waals surface area contributed by atoms with Crippen LogP contribution in [0, 0.1) is 0 Å². The lowest BCUT2D eigenvalue weighted by atomic mass is 10.1. The van der Waals surface area contributed by atoms with E-state index in [4.69, 9.17) is 10.5 Å². The van der Waals surface area contributed by atoms with E-state index in [0.717, 1.165) is 5.56 Å². The number of nitrogens with one attached hydrogen (secondary N) is 1. The first-order valence-electron chi connectivity index (χ1n) is 6.45. The molecule has 0 spiro atoms. The number of nitrogen functional groups attached to an aromatic ring is 1. The maximum Gasteiger partial charge on any atom is 0.241 e. The van der Waals surface area contributed by atoms with E-state index >= 15 is 0 Å². The lowest BCUT2D eigenvalue weighted by molar-refractivity contribution is 0.405. The van der Waals surface area contributed by atoms with Crippen LogP contribution in [-0.2, 0) is 10.0 Å². The molecule has 2 aromatic carbocycles. The van der Waals surface area contributed by atoms with Gasteiger partial charge >= 0.3 is 0 Å². The summed E-state index contributed by atoms with van der Waals surface area (Å²) in [7, 11) is -2.05. The molecule has 2 rings (SSSR count). The first-order valence-corrected chi connectivity index (χ1v) is 7.93. The first-order chi connectivity index (χ1) is 9.94. The molecule has 0 amide bonds. The molecule has 3 N–H and O–H groups in total. The Morgan fingerprint density at radius 2 is 1.71 bits per heavy atom. The zero-order valence-corrected chi connectivity index (χ0v) is 12.7. The summed E-state index contributed by atoms with van der Waals surface area (Å²) < 4.78 is 32.6. The van der Waals surface area contributed by atoms with Crippen molar-refractivity contribution in [2.45, 2.75) is 17.9 Å². The molecule has 0 saturated heterocycles. The van der Waals surface area contributed by atoms with Crippen molar-refractivity contribution in [2.24, 2.45) is 0 Å². The van der Waals surface area contributed by atoms with Gasteiger partial charge in [-0.25, -0.2) is 13.1 Å². The van der Waals surface area contributed by atoms with Gasteiger partial charge in [-0.2, -0.15) is 0 Å². The smallest absolute Gasteiger partial charge is 0.241 e. The Labute approximate surface area is 124 Å². The minimum Gasteiger partial charge on any atom is -0.496 e. The third-order valence-electron chi connectivity index (χ3n) is 3.13. The predicted octanol–water partition coefficient (Wildman–Crippen LogP) is 2.32. The van der Waals surface area contributed by atoms with Gasteiger partial charge in [0.15, 0.2) is 0 Å². The van der Waals surface area contributed by atoms with Crippen molar-refractivity contribution in [1.29, 1.82) is 0 Å². The van der Waals surface area contributed by atoms with E-state index in [1.165, 1.54) is 12.1 Å². The molecular formula is C15H18N2O3S. The van der Waals surface area contributed by atoms with Gasteiger partial charge in [-0.05, 0) is 37.3 Å². The molecule has 112 valence electrons. The van der Waals surface area contributed by atoms with Gasteiger partial charge in [-0.3, -0.25) is 0 Å². The minimum absolute atomic E-state index is 0.179. The summed E-state index contributed by atoms with van der Waals surface area (Å²) in [6, 6.07) is 13.0. The van der Waals surface area contributed by atoms with Crippen LogP contribution >= 0.6 is 0 Å². The Balaban J connectivity index is 2.25. The highest BCUT2D eigenvalue weighted by Crippen LogP contribution is 2.25. The molecule has 0 bridgehead atoms. The average molecular weight is 306 g/mol. The third-order valence-corrected chi connectivity index (χ3v) is 4.68. The predicted molar refractivity (Wildman–Crippen MR) is 82.6 cm³/mol. The summed E-state index contributed by atoms with van der Waals surface area (Å²) >= 11 is 0. The number of rotatable bonds is 5. The van der Waals surface area contributed by atoms with E-state index in [1.807, 2.05) is 18.2 Å². The normalized spacial score (nSPS) is 12.9. The number of hydrogen-bond acceptors (Lipinski definition) is 4. The van der Waals surface area contributed by atoms with Crippen LogP contribution in [0.3, 0.4) is 0 Å². The molecular weight excluding hydrogens is 288 g/mol. The number of hydrogen-bond donors (Lipinski definition) is 2. The Bertz CT molecular complexity index is 712. The van der Waals surface area contributed by atoms with Crippen molar-refractivity contribution in [3.8, 4) is 5.75 Å². The van der Waals surface area contributed by atoms with E-state index < -0.39 is 16.1 Å². The summed E-state index contributed by atoms with van der Waals surface area (Å²) in [6.45, 7) is 1.77. The fourth-order valence-corrected chi connectivity index (χ4v) is 3.26. The summed E-state index contributed by atoms with van der Waals surface area (Å²) in [6.07, 6.45) is 0. The lowest BCUT2D eigenvalue weighted by Crippen LogP contribution is -2.27. The molecule has 0 aliphatic rings. The number of para-hydroxylation sites is 1. The maximum absolute atomic E-state index is 12.3. The van der Waals surface area contributed by atoms with Gasteiger partial charge in [0.1, 0.15) is 5.75 Å². The fourth-order valence-electron chi connectivity index (χ4n) is 2.04. The standard InChI is InChI=1S/C15H18N2O3S/c1-11(14-5-3-4-6-15(14)20-2)17-21(18,19)13-9-7-12(16)8-10-13/h3-11,17H,16H2,1-2H3. The van der Waals surface area contributed by atoms with E-state index in [0.29, 0.717) is 11.4 Å². The second-order valence-electron chi connectivity index (χ2n) is 4.65. The molecule has 1 unspecified atom stereocenters. The summed E-state index contributed by atoms with van der Waals surface area (Å²) in [5.74, 6) is 0.644. The van der Waals surface area contributed by atoms with Crippen LogP contribution in [0.4, 0.5) is 5.69 Å². The highest BCUT2D eigenvalue weighted by atomic mass is 32.2. The second-order valence-corrected chi connectivity index (χ2v) is 6.37. The van der Waals surface area contributed by atoms with Crippen LogP contribution in [0.2, 0.25) is 0 Å². The van der Waals surface area contributed by atoms with Gasteiger partial charge in [-0.15, -0.1) is 0 Å². The van der Waals surface area contributed by atoms with Crippen LogP contribution in [0.15, 0.2) is 53.4 Å². The molecule has 21 heavy (non-hydrogen) atoms. The summed E-state index contributed by atoms with van der Waals surface area (Å²) in [5.41, 5.74) is 6.87. The second kappa shape index (κ2) is 6.15. The first kappa shape index (κ1) is 15.3. The molecule has 5 nitrogen and oxygen atoms in total. The van der Waals surface area contributed by atoms with Crippen LogP contribution in [0.1, 0.15) is 18.5 Å². The summed E-state index contributed by atoms with van der Waals surface area (Å²) in [4.78, 5) is 0.179. The van der Waals surface area contributed by atoms with Gasteiger partial charge < -0.3 is 10.5 Å².